The number of hydrogen-bond acceptors (Lipinski definition) is 2. The number of halogens is 1. The molecule has 0 heterocycles. The third kappa shape index (κ3) is 2.81. The molecule has 1 rings (SSSR count). The van der Waals surface area contributed by atoms with Crippen molar-refractivity contribution in [3.63, 3.8) is 0 Å². The summed E-state index contributed by atoms with van der Waals surface area (Å²) in [6.45, 7) is 8.14. The zero-order valence-electron chi connectivity index (χ0n) is 8.75. The lowest BCUT2D eigenvalue weighted by atomic mass is 9.83. The molecule has 15 heavy (non-hydrogen) atoms. The van der Waals surface area contributed by atoms with Crippen molar-refractivity contribution < 1.29 is 0 Å². The molecule has 2 atom stereocenters. The van der Waals surface area contributed by atoms with E-state index in [1.54, 1.807) is 0 Å². The predicted molar refractivity (Wildman–Crippen MR) is 66.8 cm³/mol. The summed E-state index contributed by atoms with van der Waals surface area (Å²) in [7, 11) is 0. The van der Waals surface area contributed by atoms with Gasteiger partial charge in [0.2, 0.25) is 0 Å². The molecule has 0 aromatic carbocycles. The third-order valence-electron chi connectivity index (χ3n) is 2.53. The van der Waals surface area contributed by atoms with Crippen LogP contribution in [-0.4, -0.2) is 18.1 Å². The third-order valence-corrected chi connectivity index (χ3v) is 2.78. The van der Waals surface area contributed by atoms with Crippen molar-refractivity contribution in [2.45, 2.75) is 18.0 Å². The molecule has 0 fully saturated rings. The Balaban J connectivity index is 2.86. The van der Waals surface area contributed by atoms with E-state index in [1.807, 2.05) is 30.4 Å². The second-order valence-corrected chi connectivity index (χ2v) is 4.05. The lowest BCUT2D eigenvalue weighted by Gasteiger charge is -2.37. The zero-order chi connectivity index (χ0) is 11.3. The first-order valence-electron chi connectivity index (χ1n) is 4.93. The van der Waals surface area contributed by atoms with Crippen LogP contribution in [0.4, 0.5) is 0 Å². The van der Waals surface area contributed by atoms with E-state index in [4.69, 9.17) is 17.3 Å². The summed E-state index contributed by atoms with van der Waals surface area (Å²) < 4.78 is 0. The molecule has 0 radical (unpaired) electrons. The molecule has 2 nitrogen and oxygen atoms in total. The van der Waals surface area contributed by atoms with Crippen molar-refractivity contribution in [3.8, 4) is 0 Å². The Hall–Kier alpha value is -0.830. The van der Waals surface area contributed by atoms with Gasteiger partial charge in [0.1, 0.15) is 0 Å². The van der Waals surface area contributed by atoms with Crippen LogP contribution in [-0.2, 0) is 0 Å². The Morgan fingerprint density at radius 2 is 2.27 bits per heavy atom. The van der Waals surface area contributed by atoms with E-state index in [-0.39, 0.29) is 11.6 Å². The van der Waals surface area contributed by atoms with Crippen LogP contribution < -0.4 is 11.1 Å². The second-order valence-electron chi connectivity index (χ2n) is 3.61. The molecule has 2 unspecified atom stereocenters. The monoisotopic (exact) mass is 224 g/mol. The molecule has 0 saturated heterocycles. The van der Waals surface area contributed by atoms with E-state index in [1.165, 1.54) is 0 Å². The van der Waals surface area contributed by atoms with Gasteiger partial charge in [-0.1, -0.05) is 29.8 Å². The Morgan fingerprint density at radius 1 is 1.53 bits per heavy atom. The maximum absolute atomic E-state index is 6.07. The smallest absolute Gasteiger partial charge is 0.0595 e. The molecule has 0 spiro atoms. The highest BCUT2D eigenvalue weighted by Crippen LogP contribution is 2.25. The van der Waals surface area contributed by atoms with Crippen LogP contribution in [0.5, 0.6) is 0 Å². The molecule has 0 amide bonds. The van der Waals surface area contributed by atoms with Crippen LogP contribution in [0.2, 0.25) is 0 Å². The quantitative estimate of drug-likeness (QED) is 0.702. The summed E-state index contributed by atoms with van der Waals surface area (Å²) in [5, 5.41) is 4.03. The first-order valence-corrected chi connectivity index (χ1v) is 5.31. The lowest BCUT2D eigenvalue weighted by Crippen LogP contribution is -2.56. The minimum atomic E-state index is -0.283. The van der Waals surface area contributed by atoms with Gasteiger partial charge in [-0.25, -0.2) is 0 Å². The van der Waals surface area contributed by atoms with Gasteiger partial charge in [0.05, 0.1) is 5.54 Å². The lowest BCUT2D eigenvalue weighted by molar-refractivity contribution is 0.381. The average molecular weight is 225 g/mol. The van der Waals surface area contributed by atoms with Crippen molar-refractivity contribution in [1.29, 1.82) is 0 Å². The van der Waals surface area contributed by atoms with Crippen molar-refractivity contribution in [3.05, 3.63) is 48.6 Å². The van der Waals surface area contributed by atoms with Gasteiger partial charge < -0.3 is 11.1 Å². The molecule has 3 heteroatoms. The van der Waals surface area contributed by atoms with Crippen molar-refractivity contribution in [2.24, 2.45) is 5.73 Å². The first kappa shape index (κ1) is 12.2. The van der Waals surface area contributed by atoms with Gasteiger partial charge in [-0.15, -0.1) is 13.2 Å². The fourth-order valence-corrected chi connectivity index (χ4v) is 1.87. The summed E-state index contributed by atoms with van der Waals surface area (Å²) in [5.41, 5.74) is 5.79. The van der Waals surface area contributed by atoms with Crippen LogP contribution in [0.1, 0.15) is 6.42 Å². The van der Waals surface area contributed by atoms with Gasteiger partial charge in [-0.05, 0) is 18.6 Å². The number of nitrogens with two attached hydrogens (primary N) is 1. The van der Waals surface area contributed by atoms with E-state index in [0.717, 1.165) is 6.42 Å². The van der Waals surface area contributed by atoms with Gasteiger partial charge in [-0.2, -0.15) is 0 Å². The highest BCUT2D eigenvalue weighted by atomic mass is 35.5. The summed E-state index contributed by atoms with van der Waals surface area (Å²) in [4.78, 5) is 0. The second kappa shape index (κ2) is 5.31. The van der Waals surface area contributed by atoms with Crippen LogP contribution in [0.3, 0.4) is 0 Å². The Bertz CT molecular complexity index is 307. The van der Waals surface area contributed by atoms with Crippen molar-refractivity contribution in [2.75, 3.05) is 6.54 Å². The number of hydrogen-bond donors (Lipinski definition) is 2. The fraction of sp³-hybridized carbons (Fsp3) is 0.333. The Kier molecular flexibility index (Phi) is 4.33. The predicted octanol–water partition coefficient (Wildman–Crippen LogP) is 2.10. The van der Waals surface area contributed by atoms with Gasteiger partial charge in [0, 0.05) is 17.6 Å². The summed E-state index contributed by atoms with van der Waals surface area (Å²) in [6.07, 6.45) is 10.1. The van der Waals surface area contributed by atoms with Gasteiger partial charge in [0.15, 0.2) is 0 Å². The molecule has 0 bridgehead atoms. The van der Waals surface area contributed by atoms with Crippen LogP contribution in [0.15, 0.2) is 48.6 Å². The minimum Gasteiger partial charge on any atom is -0.323 e. The van der Waals surface area contributed by atoms with Crippen LogP contribution >= 0.6 is 11.6 Å². The number of allylic oxidation sites excluding steroid dienone is 2. The molecule has 0 saturated carbocycles. The Morgan fingerprint density at radius 3 is 2.80 bits per heavy atom. The van der Waals surface area contributed by atoms with Crippen LogP contribution in [0, 0.1) is 0 Å². The van der Waals surface area contributed by atoms with Gasteiger partial charge in [0.25, 0.3) is 0 Å². The van der Waals surface area contributed by atoms with Gasteiger partial charge in [-0.3, -0.25) is 0 Å². The average Bonchev–Trinajstić information content (AvgIpc) is 2.21. The van der Waals surface area contributed by atoms with Crippen LogP contribution in [0.25, 0.3) is 0 Å². The molecule has 82 valence electrons. The SMILES string of the molecule is C=CCNC1(CC=C)C=CC(Cl)=CC1N. The standard InChI is InChI=1S/C12H17ClN2/c1-3-6-12(15-8-4-2)7-5-10(13)9-11(12)14/h3-5,7,9,11,15H,1-2,6,8,14H2. The maximum Gasteiger partial charge on any atom is 0.0595 e. The van der Waals surface area contributed by atoms with E-state index >= 15 is 0 Å². The van der Waals surface area contributed by atoms with E-state index in [0.29, 0.717) is 11.6 Å². The zero-order valence-corrected chi connectivity index (χ0v) is 9.50. The summed E-state index contributed by atoms with van der Waals surface area (Å²) >= 11 is 5.89. The topological polar surface area (TPSA) is 38.0 Å². The summed E-state index contributed by atoms with van der Waals surface area (Å²) in [6, 6.07) is -0.145. The first-order chi connectivity index (χ1) is 7.14. The molecular formula is C12H17ClN2. The summed E-state index contributed by atoms with van der Waals surface area (Å²) in [5.74, 6) is 0. The van der Waals surface area contributed by atoms with Crippen molar-refractivity contribution in [1.82, 2.24) is 5.32 Å². The molecule has 1 aliphatic carbocycles. The van der Waals surface area contributed by atoms with Crippen molar-refractivity contribution >= 4 is 11.6 Å². The molecule has 0 aliphatic heterocycles. The van der Waals surface area contributed by atoms with E-state index in [9.17, 15) is 0 Å². The maximum atomic E-state index is 6.07. The molecule has 0 aromatic heterocycles. The molecule has 3 N–H and O–H groups in total. The normalized spacial score (nSPS) is 29.7. The highest BCUT2D eigenvalue weighted by Gasteiger charge is 2.32. The minimum absolute atomic E-state index is 0.145. The molecular weight excluding hydrogens is 208 g/mol. The molecule has 0 aromatic rings. The van der Waals surface area contributed by atoms with E-state index < -0.39 is 0 Å². The Labute approximate surface area is 96.2 Å². The molecule has 1 aliphatic rings. The largest absolute Gasteiger partial charge is 0.323 e. The highest BCUT2D eigenvalue weighted by molar-refractivity contribution is 6.31. The van der Waals surface area contributed by atoms with E-state index in [2.05, 4.69) is 18.5 Å². The fourth-order valence-electron chi connectivity index (χ4n) is 1.67. The number of rotatable bonds is 5. The number of nitrogens with one attached hydrogen (secondary N) is 1. The van der Waals surface area contributed by atoms with Gasteiger partial charge >= 0.3 is 0 Å².